The fraction of sp³-hybridized carbons (Fsp3) is 0.520. The number of hydrogen-bond acceptors (Lipinski definition) is 3. The van der Waals surface area contributed by atoms with Crippen LogP contribution < -0.4 is 15.8 Å². The van der Waals surface area contributed by atoms with Gasteiger partial charge in [-0.2, -0.15) is 0 Å². The van der Waals surface area contributed by atoms with Crippen molar-refractivity contribution >= 4 is 17.1 Å². The van der Waals surface area contributed by atoms with Gasteiger partial charge in [0.2, 0.25) is 0 Å². The summed E-state index contributed by atoms with van der Waals surface area (Å²) in [5, 5.41) is 3.55. The highest BCUT2D eigenvalue weighted by atomic mass is 16.5. The first-order chi connectivity index (χ1) is 12.9. The summed E-state index contributed by atoms with van der Waals surface area (Å²) in [6.07, 6.45) is 1.03. The smallest absolute Gasteiger partial charge is 0.142 e. The van der Waals surface area contributed by atoms with Crippen molar-refractivity contribution in [3.63, 3.8) is 0 Å². The molecule has 0 aliphatic heterocycles. The second-order valence-electron chi connectivity index (χ2n) is 10.1. The van der Waals surface area contributed by atoms with Crippen molar-refractivity contribution in [1.82, 2.24) is 0 Å². The normalized spacial score (nSPS) is 12.3. The number of ether oxygens (including phenoxy) is 1. The summed E-state index contributed by atoms with van der Waals surface area (Å²) < 4.78 is 6.05. The Bertz CT molecular complexity index is 795. The van der Waals surface area contributed by atoms with Gasteiger partial charge in [-0.3, -0.25) is 0 Å². The second kappa shape index (κ2) is 8.46. The second-order valence-corrected chi connectivity index (χ2v) is 10.1. The van der Waals surface area contributed by atoms with Gasteiger partial charge in [0, 0.05) is 0 Å². The van der Waals surface area contributed by atoms with Crippen LogP contribution in [0.4, 0.5) is 17.1 Å². The minimum absolute atomic E-state index is 0.0327. The Balaban J connectivity index is 2.44. The number of anilines is 3. The molecule has 0 saturated carbocycles. The number of hydrogen-bond donors (Lipinski definition) is 2. The van der Waals surface area contributed by atoms with Gasteiger partial charge >= 0.3 is 0 Å². The van der Waals surface area contributed by atoms with Crippen molar-refractivity contribution in [2.24, 2.45) is 5.92 Å². The predicted octanol–water partition coefficient (Wildman–Crippen LogP) is 7.03. The van der Waals surface area contributed by atoms with E-state index in [2.05, 4.69) is 72.8 Å². The lowest BCUT2D eigenvalue weighted by molar-refractivity contribution is 0.291. The number of benzene rings is 2. The van der Waals surface area contributed by atoms with E-state index in [0.717, 1.165) is 29.2 Å². The third-order valence-corrected chi connectivity index (χ3v) is 4.96. The van der Waals surface area contributed by atoms with Crippen LogP contribution in [0.15, 0.2) is 36.4 Å². The van der Waals surface area contributed by atoms with Crippen molar-refractivity contribution in [2.45, 2.75) is 72.6 Å². The van der Waals surface area contributed by atoms with Crippen molar-refractivity contribution in [1.29, 1.82) is 0 Å². The minimum atomic E-state index is -0.0327. The highest BCUT2D eigenvalue weighted by Crippen LogP contribution is 2.40. The largest absolute Gasteiger partial charge is 0.491 e. The molecule has 0 amide bonds. The van der Waals surface area contributed by atoms with Crippen molar-refractivity contribution in [3.05, 3.63) is 47.5 Å². The zero-order chi connectivity index (χ0) is 21.1. The molecule has 0 unspecified atom stereocenters. The number of nitrogens with two attached hydrogens (primary N) is 1. The predicted molar refractivity (Wildman–Crippen MR) is 123 cm³/mol. The van der Waals surface area contributed by atoms with E-state index in [1.807, 2.05) is 24.3 Å². The highest BCUT2D eigenvalue weighted by molar-refractivity contribution is 5.79. The van der Waals surface area contributed by atoms with Gasteiger partial charge in [-0.05, 0) is 52.5 Å². The molecule has 0 saturated heterocycles. The summed E-state index contributed by atoms with van der Waals surface area (Å²) in [5.74, 6) is 1.48. The van der Waals surface area contributed by atoms with Crippen molar-refractivity contribution < 1.29 is 4.74 Å². The first kappa shape index (κ1) is 22.1. The molecule has 2 aromatic carbocycles. The maximum atomic E-state index is 6.62. The van der Waals surface area contributed by atoms with E-state index >= 15 is 0 Å². The van der Waals surface area contributed by atoms with Crippen LogP contribution in [0.3, 0.4) is 0 Å². The van der Waals surface area contributed by atoms with Gasteiger partial charge in [0.25, 0.3) is 0 Å². The quantitative estimate of drug-likeness (QED) is 0.527. The molecular formula is C25H38N2O. The minimum Gasteiger partial charge on any atom is -0.491 e. The van der Waals surface area contributed by atoms with Crippen LogP contribution in [0.1, 0.15) is 72.9 Å². The molecule has 0 fully saturated rings. The van der Waals surface area contributed by atoms with Gasteiger partial charge in [-0.15, -0.1) is 0 Å². The molecule has 3 N–H and O–H groups in total. The van der Waals surface area contributed by atoms with E-state index in [1.165, 1.54) is 11.1 Å². The van der Waals surface area contributed by atoms with Gasteiger partial charge in [0.05, 0.1) is 23.7 Å². The summed E-state index contributed by atoms with van der Waals surface area (Å²) in [5.41, 5.74) is 11.8. The molecule has 154 valence electrons. The van der Waals surface area contributed by atoms with Gasteiger partial charge in [0.15, 0.2) is 0 Å². The lowest BCUT2D eigenvalue weighted by atomic mass is 9.79. The van der Waals surface area contributed by atoms with Crippen LogP contribution in [0.2, 0.25) is 0 Å². The summed E-state index contributed by atoms with van der Waals surface area (Å²) in [6, 6.07) is 12.5. The molecule has 0 aromatic heterocycles. The molecule has 2 aromatic rings. The van der Waals surface area contributed by atoms with E-state index in [0.29, 0.717) is 12.5 Å². The van der Waals surface area contributed by atoms with Crippen LogP contribution in [-0.2, 0) is 10.8 Å². The molecule has 0 spiro atoms. The van der Waals surface area contributed by atoms with E-state index in [-0.39, 0.29) is 10.8 Å². The molecular weight excluding hydrogens is 344 g/mol. The van der Waals surface area contributed by atoms with Gasteiger partial charge in [-0.25, -0.2) is 0 Å². The summed E-state index contributed by atoms with van der Waals surface area (Å²) in [6.45, 7) is 18.4. The Morgan fingerprint density at radius 1 is 0.929 bits per heavy atom. The molecule has 3 nitrogen and oxygen atoms in total. The Morgan fingerprint density at radius 3 is 2.14 bits per heavy atom. The zero-order valence-corrected chi connectivity index (χ0v) is 18.9. The summed E-state index contributed by atoms with van der Waals surface area (Å²) in [4.78, 5) is 0. The molecule has 0 aliphatic carbocycles. The average molecular weight is 383 g/mol. The molecule has 0 atom stereocenters. The van der Waals surface area contributed by atoms with E-state index < -0.39 is 0 Å². The fourth-order valence-corrected chi connectivity index (χ4v) is 3.06. The molecule has 0 aliphatic rings. The number of para-hydroxylation sites is 2. The standard InChI is InChI=1S/C25H38N2O/c1-17(2)13-14-28-22-12-10-9-11-20(22)27-21-16-18(24(3,4)5)15-19(23(21)26)25(6,7)8/h9-12,15-17,27H,13-14,26H2,1-8H3. The van der Waals surface area contributed by atoms with Crippen LogP contribution in [0, 0.1) is 5.92 Å². The first-order valence-electron chi connectivity index (χ1n) is 10.3. The lowest BCUT2D eigenvalue weighted by Crippen LogP contribution is -2.19. The summed E-state index contributed by atoms with van der Waals surface area (Å²) in [7, 11) is 0. The molecule has 3 heteroatoms. The Morgan fingerprint density at radius 2 is 1.57 bits per heavy atom. The third kappa shape index (κ3) is 5.67. The molecule has 0 radical (unpaired) electrons. The monoisotopic (exact) mass is 382 g/mol. The Labute approximate surface area is 171 Å². The molecule has 0 bridgehead atoms. The molecule has 0 heterocycles. The van der Waals surface area contributed by atoms with Crippen LogP contribution in [0.5, 0.6) is 5.75 Å². The topological polar surface area (TPSA) is 47.3 Å². The van der Waals surface area contributed by atoms with Crippen LogP contribution in [0.25, 0.3) is 0 Å². The number of nitrogen functional groups attached to an aromatic ring is 1. The summed E-state index contributed by atoms with van der Waals surface area (Å²) >= 11 is 0. The van der Waals surface area contributed by atoms with Crippen molar-refractivity contribution in [2.75, 3.05) is 17.7 Å². The highest BCUT2D eigenvalue weighted by Gasteiger charge is 2.24. The van der Waals surface area contributed by atoms with Crippen LogP contribution in [-0.4, -0.2) is 6.61 Å². The number of nitrogens with one attached hydrogen (secondary N) is 1. The third-order valence-electron chi connectivity index (χ3n) is 4.96. The Hall–Kier alpha value is -2.16. The fourth-order valence-electron chi connectivity index (χ4n) is 3.06. The Kier molecular flexibility index (Phi) is 6.69. The zero-order valence-electron chi connectivity index (χ0n) is 18.9. The van der Waals surface area contributed by atoms with Gasteiger partial charge in [-0.1, -0.05) is 73.6 Å². The SMILES string of the molecule is CC(C)CCOc1ccccc1Nc1cc(C(C)(C)C)cc(C(C)(C)C)c1N. The maximum Gasteiger partial charge on any atom is 0.142 e. The average Bonchev–Trinajstić information content (AvgIpc) is 2.55. The van der Waals surface area contributed by atoms with Crippen molar-refractivity contribution in [3.8, 4) is 5.75 Å². The van der Waals surface area contributed by atoms with Gasteiger partial charge < -0.3 is 15.8 Å². The maximum absolute atomic E-state index is 6.62. The molecule has 28 heavy (non-hydrogen) atoms. The molecule has 2 rings (SSSR count). The van der Waals surface area contributed by atoms with Crippen LogP contribution >= 0.6 is 0 Å². The lowest BCUT2D eigenvalue weighted by Gasteiger charge is -2.28. The number of rotatable bonds is 6. The van der Waals surface area contributed by atoms with E-state index in [9.17, 15) is 0 Å². The van der Waals surface area contributed by atoms with E-state index in [1.54, 1.807) is 0 Å². The van der Waals surface area contributed by atoms with Gasteiger partial charge in [0.1, 0.15) is 5.75 Å². The first-order valence-corrected chi connectivity index (χ1v) is 10.3. The van der Waals surface area contributed by atoms with E-state index in [4.69, 9.17) is 10.5 Å².